The van der Waals surface area contributed by atoms with E-state index in [2.05, 4.69) is 24.1 Å². The van der Waals surface area contributed by atoms with Crippen LogP contribution in [0.4, 0.5) is 0 Å². The van der Waals surface area contributed by atoms with E-state index in [9.17, 15) is 4.79 Å². The number of nitrogens with two attached hydrogens (primary N) is 1. The van der Waals surface area contributed by atoms with E-state index in [4.69, 9.17) is 10.5 Å². The van der Waals surface area contributed by atoms with Gasteiger partial charge >= 0.3 is 0 Å². The maximum atomic E-state index is 12.1. The summed E-state index contributed by atoms with van der Waals surface area (Å²) in [6.45, 7) is 4.36. The molecule has 1 amide bonds. The third kappa shape index (κ3) is 4.60. The van der Waals surface area contributed by atoms with Gasteiger partial charge in [-0.3, -0.25) is 4.79 Å². The first-order chi connectivity index (χ1) is 9.62. The van der Waals surface area contributed by atoms with E-state index in [1.54, 1.807) is 25.3 Å². The standard InChI is InChI=1S/C16H22N2O2/c1-4-6-12(2)18-16(19)14-8-9-15(20-3)13(11-14)7-5-10-17/h8-9,11-12H,4,6,10,17H2,1-3H3,(H,18,19). The third-order valence-electron chi connectivity index (χ3n) is 2.89. The maximum absolute atomic E-state index is 12.1. The van der Waals surface area contributed by atoms with Gasteiger partial charge in [0.15, 0.2) is 0 Å². The molecule has 20 heavy (non-hydrogen) atoms. The van der Waals surface area contributed by atoms with Crippen LogP contribution >= 0.6 is 0 Å². The molecule has 0 bridgehead atoms. The normalized spacial score (nSPS) is 11.2. The quantitative estimate of drug-likeness (QED) is 0.806. The average molecular weight is 274 g/mol. The summed E-state index contributed by atoms with van der Waals surface area (Å²) in [5.74, 6) is 6.24. The zero-order valence-corrected chi connectivity index (χ0v) is 12.3. The van der Waals surface area contributed by atoms with Crippen LogP contribution in [-0.2, 0) is 0 Å². The number of ether oxygens (including phenoxy) is 1. The van der Waals surface area contributed by atoms with Gasteiger partial charge < -0.3 is 15.8 Å². The van der Waals surface area contributed by atoms with Crippen molar-refractivity contribution in [3.8, 4) is 17.6 Å². The summed E-state index contributed by atoms with van der Waals surface area (Å²) in [6, 6.07) is 5.38. The Morgan fingerprint density at radius 2 is 2.25 bits per heavy atom. The Kier molecular flexibility index (Phi) is 6.61. The highest BCUT2D eigenvalue weighted by Crippen LogP contribution is 2.19. The Balaban J connectivity index is 2.93. The molecule has 0 aliphatic heterocycles. The minimum atomic E-state index is -0.0931. The van der Waals surface area contributed by atoms with Gasteiger partial charge in [-0.1, -0.05) is 25.2 Å². The first-order valence-electron chi connectivity index (χ1n) is 6.80. The van der Waals surface area contributed by atoms with Gasteiger partial charge in [-0.05, 0) is 31.5 Å². The zero-order valence-electron chi connectivity index (χ0n) is 12.3. The van der Waals surface area contributed by atoms with Gasteiger partial charge in [0.25, 0.3) is 5.91 Å². The Labute approximate surface area is 120 Å². The highest BCUT2D eigenvalue weighted by Gasteiger charge is 2.11. The van der Waals surface area contributed by atoms with Gasteiger partial charge in [0.05, 0.1) is 19.2 Å². The largest absolute Gasteiger partial charge is 0.495 e. The van der Waals surface area contributed by atoms with Crippen LogP contribution in [0.5, 0.6) is 5.75 Å². The molecule has 1 aromatic rings. The van der Waals surface area contributed by atoms with Crippen molar-refractivity contribution in [3.05, 3.63) is 29.3 Å². The van der Waals surface area contributed by atoms with E-state index >= 15 is 0 Å². The van der Waals surface area contributed by atoms with Crippen molar-refractivity contribution in [3.63, 3.8) is 0 Å². The summed E-state index contributed by atoms with van der Waals surface area (Å²) in [7, 11) is 1.58. The van der Waals surface area contributed by atoms with E-state index in [-0.39, 0.29) is 18.5 Å². The molecule has 1 unspecified atom stereocenters. The molecule has 0 heterocycles. The Hall–Kier alpha value is -1.99. The van der Waals surface area contributed by atoms with E-state index in [1.807, 2.05) is 6.92 Å². The van der Waals surface area contributed by atoms with Gasteiger partial charge in [-0.15, -0.1) is 0 Å². The zero-order chi connectivity index (χ0) is 15.0. The number of carbonyl (C=O) groups excluding carboxylic acids is 1. The lowest BCUT2D eigenvalue weighted by Gasteiger charge is -2.13. The average Bonchev–Trinajstić information content (AvgIpc) is 2.44. The molecular formula is C16H22N2O2. The van der Waals surface area contributed by atoms with Crippen molar-refractivity contribution in [1.82, 2.24) is 5.32 Å². The van der Waals surface area contributed by atoms with Crippen LogP contribution in [0.15, 0.2) is 18.2 Å². The van der Waals surface area contributed by atoms with Crippen molar-refractivity contribution >= 4 is 5.91 Å². The monoisotopic (exact) mass is 274 g/mol. The van der Waals surface area contributed by atoms with Gasteiger partial charge in [-0.25, -0.2) is 0 Å². The molecule has 0 saturated heterocycles. The van der Waals surface area contributed by atoms with E-state index in [0.717, 1.165) is 12.8 Å². The molecule has 3 N–H and O–H groups in total. The predicted molar refractivity (Wildman–Crippen MR) is 80.8 cm³/mol. The molecule has 108 valence electrons. The minimum Gasteiger partial charge on any atom is -0.495 e. The molecule has 4 heteroatoms. The van der Waals surface area contributed by atoms with Crippen molar-refractivity contribution in [2.24, 2.45) is 5.73 Å². The highest BCUT2D eigenvalue weighted by atomic mass is 16.5. The first-order valence-corrected chi connectivity index (χ1v) is 6.80. The van der Waals surface area contributed by atoms with Gasteiger partial charge in [0, 0.05) is 11.6 Å². The van der Waals surface area contributed by atoms with Crippen LogP contribution in [0, 0.1) is 11.8 Å². The number of carbonyl (C=O) groups is 1. The fourth-order valence-corrected chi connectivity index (χ4v) is 1.91. The summed E-state index contributed by atoms with van der Waals surface area (Å²) in [5.41, 5.74) is 6.62. The topological polar surface area (TPSA) is 64.3 Å². The van der Waals surface area contributed by atoms with Gasteiger partial charge in [0.2, 0.25) is 0 Å². The molecule has 1 aromatic carbocycles. The highest BCUT2D eigenvalue weighted by molar-refractivity contribution is 5.95. The molecule has 0 spiro atoms. The second-order valence-corrected chi connectivity index (χ2v) is 4.58. The fraction of sp³-hybridized carbons (Fsp3) is 0.438. The maximum Gasteiger partial charge on any atom is 0.251 e. The smallest absolute Gasteiger partial charge is 0.251 e. The Morgan fingerprint density at radius 1 is 1.50 bits per heavy atom. The SMILES string of the molecule is CCCC(C)NC(=O)c1ccc(OC)c(C#CCN)c1. The van der Waals surface area contributed by atoms with Crippen LogP contribution in [0.2, 0.25) is 0 Å². The van der Waals surface area contributed by atoms with Crippen LogP contribution in [0.3, 0.4) is 0 Å². The summed E-state index contributed by atoms with van der Waals surface area (Å²) in [4.78, 5) is 12.1. The van der Waals surface area contributed by atoms with Crippen molar-refractivity contribution < 1.29 is 9.53 Å². The number of nitrogens with one attached hydrogen (secondary N) is 1. The van der Waals surface area contributed by atoms with Crippen LogP contribution in [0.25, 0.3) is 0 Å². The summed E-state index contributed by atoms with van der Waals surface area (Å²) in [6.07, 6.45) is 2.00. The molecule has 4 nitrogen and oxygen atoms in total. The molecule has 0 fully saturated rings. The number of methoxy groups -OCH3 is 1. The number of amides is 1. The van der Waals surface area contributed by atoms with E-state index in [0.29, 0.717) is 16.9 Å². The molecule has 0 saturated carbocycles. The summed E-state index contributed by atoms with van der Waals surface area (Å²) in [5, 5.41) is 2.97. The van der Waals surface area contributed by atoms with Crippen molar-refractivity contribution in [2.45, 2.75) is 32.7 Å². The Morgan fingerprint density at radius 3 is 2.85 bits per heavy atom. The number of hydrogen-bond acceptors (Lipinski definition) is 3. The Bertz CT molecular complexity index is 515. The number of hydrogen-bond donors (Lipinski definition) is 2. The first kappa shape index (κ1) is 16.1. The van der Waals surface area contributed by atoms with Gasteiger partial charge in [-0.2, -0.15) is 0 Å². The number of benzene rings is 1. The lowest BCUT2D eigenvalue weighted by Crippen LogP contribution is -2.32. The lowest BCUT2D eigenvalue weighted by molar-refractivity contribution is 0.0938. The van der Waals surface area contributed by atoms with Crippen LogP contribution in [0.1, 0.15) is 42.6 Å². The van der Waals surface area contributed by atoms with Crippen LogP contribution < -0.4 is 15.8 Å². The molecule has 0 aliphatic rings. The predicted octanol–water partition coefficient (Wildman–Crippen LogP) is 1.92. The second kappa shape index (κ2) is 8.23. The lowest BCUT2D eigenvalue weighted by atomic mass is 10.1. The molecule has 1 rings (SSSR count). The molecular weight excluding hydrogens is 252 g/mol. The number of rotatable bonds is 5. The molecule has 0 radical (unpaired) electrons. The minimum absolute atomic E-state index is 0.0931. The summed E-state index contributed by atoms with van der Waals surface area (Å²) >= 11 is 0. The van der Waals surface area contributed by atoms with E-state index in [1.165, 1.54) is 0 Å². The molecule has 0 aromatic heterocycles. The van der Waals surface area contributed by atoms with Crippen molar-refractivity contribution in [2.75, 3.05) is 13.7 Å². The van der Waals surface area contributed by atoms with E-state index < -0.39 is 0 Å². The van der Waals surface area contributed by atoms with Crippen LogP contribution in [-0.4, -0.2) is 25.6 Å². The molecule has 0 aliphatic carbocycles. The molecule has 1 atom stereocenters. The fourth-order valence-electron chi connectivity index (χ4n) is 1.91. The van der Waals surface area contributed by atoms with Crippen molar-refractivity contribution in [1.29, 1.82) is 0 Å². The van der Waals surface area contributed by atoms with Gasteiger partial charge in [0.1, 0.15) is 5.75 Å². The summed E-state index contributed by atoms with van der Waals surface area (Å²) < 4.78 is 5.22. The second-order valence-electron chi connectivity index (χ2n) is 4.58. The third-order valence-corrected chi connectivity index (χ3v) is 2.89.